The summed E-state index contributed by atoms with van der Waals surface area (Å²) in [6.07, 6.45) is -9.48. The minimum atomic E-state index is -5.69. The van der Waals surface area contributed by atoms with Crippen LogP contribution in [-0.2, 0) is 4.79 Å². The Morgan fingerprint density at radius 2 is 0.941 bits per heavy atom. The van der Waals surface area contributed by atoms with Gasteiger partial charge < -0.3 is 5.11 Å². The van der Waals surface area contributed by atoms with Crippen molar-refractivity contribution in [1.82, 2.24) is 0 Å². The van der Waals surface area contributed by atoms with Gasteiger partial charge in [0, 0.05) is 0 Å². The van der Waals surface area contributed by atoms with Crippen molar-refractivity contribution in [3.63, 3.8) is 0 Å². The maximum atomic E-state index is 13.2. The van der Waals surface area contributed by atoms with Crippen LogP contribution in [-0.4, -0.2) is 41.2 Å². The van der Waals surface area contributed by atoms with Crippen LogP contribution in [0, 0.1) is 88.3 Å². The molecule has 6 fully saturated rings. The minimum absolute atomic E-state index is 0.0185. The third-order valence-electron chi connectivity index (χ3n) is 14.5. The van der Waals surface area contributed by atoms with E-state index >= 15 is 0 Å². The van der Waals surface area contributed by atoms with Crippen LogP contribution in [0.4, 0.5) is 52.7 Å². The highest BCUT2D eigenvalue weighted by Gasteiger charge is 2.73. The van der Waals surface area contributed by atoms with Gasteiger partial charge in [0.05, 0.1) is 0 Å². The zero-order valence-corrected chi connectivity index (χ0v) is 28.2. The molecule has 0 heterocycles. The van der Waals surface area contributed by atoms with Crippen LogP contribution in [0.25, 0.3) is 0 Å². The molecule has 0 radical (unpaired) electrons. The summed E-state index contributed by atoms with van der Waals surface area (Å²) in [6.45, 7) is 5.02. The van der Waals surface area contributed by atoms with Crippen LogP contribution >= 0.6 is 0 Å². The summed E-state index contributed by atoms with van der Waals surface area (Å²) in [4.78, 5) is 9.69. The van der Waals surface area contributed by atoms with Crippen LogP contribution < -0.4 is 0 Å². The molecule has 0 aromatic carbocycles. The van der Waals surface area contributed by atoms with E-state index in [2.05, 4.69) is 30.9 Å². The Bertz CT molecular complexity index is 1280. The maximum Gasteiger partial charge on any atom is 0.426 e. The second-order valence-corrected chi connectivity index (χ2v) is 16.9. The second kappa shape index (κ2) is 12.5. The lowest BCUT2D eigenvalue weighted by Gasteiger charge is -2.42. The Hall–Kier alpha value is -1.99. The van der Waals surface area contributed by atoms with E-state index in [1.807, 2.05) is 0 Å². The van der Waals surface area contributed by atoms with Gasteiger partial charge in [-0.05, 0) is 154 Å². The molecule has 1 N–H and O–H groups in total. The first kappa shape index (κ1) is 38.7. The molecule has 0 saturated heterocycles. The van der Waals surface area contributed by atoms with Crippen molar-refractivity contribution in [3.8, 4) is 0 Å². The van der Waals surface area contributed by atoms with E-state index in [1.54, 1.807) is 0 Å². The Morgan fingerprint density at radius 3 is 1.25 bits per heavy atom. The standard InChI is InChI=1S/C17H20F6.C16H18F6O.C4H6O/c1-15(16(18,19)20,17(21,22)23)7-11-5-10-6-12(11)14-9-3-2-8(4-9)13(10)14;17-15(18,19)14(23,16(20,21)22)6-10-4-9-5-11(10)13-8-2-1-7(3-8)12(9)13;1-3-4(2)5/h2-3,8-14H,4-7H2,1H3;1-2,7-13,23H,3-6H2;3H,1H2,2H3. The molecule has 8 aliphatic rings. The van der Waals surface area contributed by atoms with Gasteiger partial charge in [-0.15, -0.1) is 0 Å². The SMILES string of the molecule is C=CC(C)=O.CC(CC1CC2CC1C1C3C=CC(C3)C21)(C(F)(F)F)C(F)(F)F.OC(CC1CC2CC1C1C3C=CC(C3)C21)(C(F)(F)F)C(F)(F)F. The quantitative estimate of drug-likeness (QED) is 0.132. The summed E-state index contributed by atoms with van der Waals surface area (Å²) in [6, 6.07) is 0. The Morgan fingerprint density at radius 1 is 0.608 bits per heavy atom. The largest absolute Gasteiger partial charge is 0.426 e. The number of aliphatic hydroxyl groups is 1. The first-order valence-corrected chi connectivity index (χ1v) is 17.8. The number of allylic oxidation sites excluding steroid dienone is 5. The number of carbonyl (C=O) groups is 1. The first-order valence-electron chi connectivity index (χ1n) is 17.8. The lowest BCUT2D eigenvalue weighted by Crippen LogP contribution is -2.58. The van der Waals surface area contributed by atoms with Crippen molar-refractivity contribution in [2.24, 2.45) is 88.3 Å². The molecule has 14 heteroatoms. The molecule has 8 bridgehead atoms. The zero-order chi connectivity index (χ0) is 37.9. The highest BCUT2D eigenvalue weighted by Crippen LogP contribution is 2.70. The first-order chi connectivity index (χ1) is 23.3. The fraction of sp³-hybridized carbons (Fsp3) is 0.811. The van der Waals surface area contributed by atoms with E-state index in [4.69, 9.17) is 0 Å². The monoisotopic (exact) mass is 748 g/mol. The van der Waals surface area contributed by atoms with E-state index in [0.29, 0.717) is 67.1 Å². The van der Waals surface area contributed by atoms with Gasteiger partial charge >= 0.3 is 24.7 Å². The van der Waals surface area contributed by atoms with Crippen molar-refractivity contribution in [2.45, 2.75) is 95.5 Å². The smallest absolute Gasteiger partial charge is 0.374 e. The molecule has 6 saturated carbocycles. The molecule has 14 atom stereocenters. The Balaban J connectivity index is 0.000000156. The van der Waals surface area contributed by atoms with Gasteiger partial charge in [0.25, 0.3) is 5.60 Å². The van der Waals surface area contributed by atoms with Gasteiger partial charge in [0.15, 0.2) is 11.2 Å². The average Bonchev–Trinajstić information content (AvgIpc) is 3.84. The number of rotatable bonds is 5. The van der Waals surface area contributed by atoms with Crippen molar-refractivity contribution in [2.75, 3.05) is 0 Å². The predicted molar refractivity (Wildman–Crippen MR) is 162 cm³/mol. The molecule has 0 aromatic heterocycles. The Kier molecular flexibility index (Phi) is 9.52. The normalized spacial score (nSPS) is 41.3. The van der Waals surface area contributed by atoms with Crippen molar-refractivity contribution in [1.29, 1.82) is 0 Å². The summed E-state index contributed by atoms with van der Waals surface area (Å²) in [5.41, 5.74) is -8.17. The highest BCUT2D eigenvalue weighted by atomic mass is 19.4. The van der Waals surface area contributed by atoms with Crippen LogP contribution in [0.1, 0.15) is 65.2 Å². The summed E-state index contributed by atoms with van der Waals surface area (Å²) in [7, 11) is 0. The molecular weight excluding hydrogens is 704 g/mol. The topological polar surface area (TPSA) is 37.3 Å². The lowest BCUT2D eigenvalue weighted by molar-refractivity contribution is -0.373. The highest BCUT2D eigenvalue weighted by molar-refractivity contribution is 5.86. The molecule has 0 amide bonds. The third kappa shape index (κ3) is 6.20. The molecule has 0 spiro atoms. The number of fused-ring (bicyclic) bond motifs is 18. The summed E-state index contributed by atoms with van der Waals surface area (Å²) in [5, 5.41) is 9.48. The van der Waals surface area contributed by atoms with Gasteiger partial charge in [-0.25, -0.2) is 0 Å². The Labute approximate surface area is 289 Å². The van der Waals surface area contributed by atoms with E-state index < -0.39 is 60.4 Å². The van der Waals surface area contributed by atoms with Crippen LogP contribution in [0.15, 0.2) is 37.0 Å². The maximum absolute atomic E-state index is 13.2. The van der Waals surface area contributed by atoms with Crippen LogP contribution in [0.5, 0.6) is 0 Å². The predicted octanol–water partition coefficient (Wildman–Crippen LogP) is 10.7. The fourth-order valence-corrected chi connectivity index (χ4v) is 12.5. The van der Waals surface area contributed by atoms with Gasteiger partial charge in [0.1, 0.15) is 0 Å². The van der Waals surface area contributed by atoms with Gasteiger partial charge in [-0.1, -0.05) is 30.9 Å². The van der Waals surface area contributed by atoms with Crippen molar-refractivity contribution >= 4 is 5.78 Å². The molecule has 51 heavy (non-hydrogen) atoms. The summed E-state index contributed by atoms with van der Waals surface area (Å²) < 4.78 is 157. The fourth-order valence-electron chi connectivity index (χ4n) is 12.5. The molecule has 0 aromatic rings. The van der Waals surface area contributed by atoms with E-state index in [9.17, 15) is 62.6 Å². The van der Waals surface area contributed by atoms with Gasteiger partial charge in [-0.3, -0.25) is 4.79 Å². The van der Waals surface area contributed by atoms with Crippen LogP contribution in [0.2, 0.25) is 0 Å². The summed E-state index contributed by atoms with van der Waals surface area (Å²) in [5.74, 6) is 2.59. The van der Waals surface area contributed by atoms with Gasteiger partial charge in [0.2, 0.25) is 0 Å². The molecule has 2 nitrogen and oxygen atoms in total. The molecule has 14 unspecified atom stereocenters. The summed E-state index contributed by atoms with van der Waals surface area (Å²) >= 11 is 0. The number of hydrogen-bond acceptors (Lipinski definition) is 2. The average molecular weight is 749 g/mol. The molecular formula is C37H44F12O2. The van der Waals surface area contributed by atoms with Crippen molar-refractivity contribution in [3.05, 3.63) is 37.0 Å². The number of alkyl halides is 12. The van der Waals surface area contributed by atoms with E-state index in [-0.39, 0.29) is 29.5 Å². The minimum Gasteiger partial charge on any atom is -0.374 e. The van der Waals surface area contributed by atoms with Gasteiger partial charge in [-0.2, -0.15) is 52.7 Å². The lowest BCUT2D eigenvalue weighted by atomic mass is 9.65. The third-order valence-corrected chi connectivity index (χ3v) is 14.5. The molecule has 8 aliphatic carbocycles. The van der Waals surface area contributed by atoms with Crippen LogP contribution in [0.3, 0.4) is 0 Å². The van der Waals surface area contributed by atoms with E-state index in [1.165, 1.54) is 13.0 Å². The zero-order valence-electron chi connectivity index (χ0n) is 28.2. The number of carbonyl (C=O) groups excluding carboxylic acids is 1. The number of ketones is 1. The number of halogens is 12. The molecule has 0 aliphatic heterocycles. The second-order valence-electron chi connectivity index (χ2n) is 16.9. The molecule has 8 rings (SSSR count). The van der Waals surface area contributed by atoms with E-state index in [0.717, 1.165) is 25.7 Å². The van der Waals surface area contributed by atoms with Crippen molar-refractivity contribution < 1.29 is 62.6 Å². The molecule has 288 valence electrons. The number of hydrogen-bond donors (Lipinski definition) is 1.